The molecule has 1 aromatic heterocycles. The van der Waals surface area contributed by atoms with Crippen molar-refractivity contribution in [2.45, 2.75) is 23.6 Å². The summed E-state index contributed by atoms with van der Waals surface area (Å²) in [5.41, 5.74) is -0.878. The summed E-state index contributed by atoms with van der Waals surface area (Å²) < 4.78 is 53.3. The van der Waals surface area contributed by atoms with Crippen molar-refractivity contribution in [3.05, 3.63) is 41.0 Å². The summed E-state index contributed by atoms with van der Waals surface area (Å²) in [7, 11) is 3.51. The third-order valence-electron chi connectivity index (χ3n) is 2.99. The predicted molar refractivity (Wildman–Crippen MR) is 74.7 cm³/mol. The van der Waals surface area contributed by atoms with Gasteiger partial charge in [-0.2, -0.15) is 13.2 Å². The van der Waals surface area contributed by atoms with E-state index in [-0.39, 0.29) is 11.3 Å². The average molecular weight is 334 g/mol. The van der Waals surface area contributed by atoms with E-state index >= 15 is 0 Å². The number of benzene rings is 1. The van der Waals surface area contributed by atoms with E-state index < -0.39 is 17.6 Å². The molecule has 4 nitrogen and oxygen atoms in total. The largest absolute Gasteiger partial charge is 0.416 e. The van der Waals surface area contributed by atoms with Crippen molar-refractivity contribution in [1.82, 2.24) is 20.1 Å². The lowest BCUT2D eigenvalue weighted by Gasteiger charge is -2.09. The summed E-state index contributed by atoms with van der Waals surface area (Å²) in [5, 5.41) is 11.3. The third-order valence-corrected chi connectivity index (χ3v) is 4.06. The van der Waals surface area contributed by atoms with Crippen LogP contribution in [0, 0.1) is 5.82 Å². The molecule has 0 fully saturated rings. The molecule has 0 radical (unpaired) electrons. The summed E-state index contributed by atoms with van der Waals surface area (Å²) in [5.74, 6) is 0.0639. The Bertz CT molecular complexity index is 654. The number of hydrogen-bond acceptors (Lipinski definition) is 4. The first kappa shape index (κ1) is 16.8. The molecule has 120 valence electrons. The Labute approximate surface area is 128 Å². The van der Waals surface area contributed by atoms with Crippen LogP contribution in [0.15, 0.2) is 23.4 Å². The highest BCUT2D eigenvalue weighted by Gasteiger charge is 2.31. The lowest BCUT2D eigenvalue weighted by Crippen LogP contribution is -2.10. The molecule has 0 aliphatic heterocycles. The lowest BCUT2D eigenvalue weighted by atomic mass is 10.1. The Balaban J connectivity index is 2.14. The average Bonchev–Trinajstić information content (AvgIpc) is 2.78. The molecule has 2 aromatic rings. The van der Waals surface area contributed by atoms with E-state index in [1.165, 1.54) is 0 Å². The van der Waals surface area contributed by atoms with Gasteiger partial charge < -0.3 is 9.88 Å². The molecule has 0 saturated carbocycles. The van der Waals surface area contributed by atoms with Gasteiger partial charge >= 0.3 is 6.18 Å². The number of aromatic nitrogens is 3. The van der Waals surface area contributed by atoms with Crippen LogP contribution in [-0.2, 0) is 25.5 Å². The van der Waals surface area contributed by atoms with Gasteiger partial charge in [0.05, 0.1) is 12.1 Å². The number of rotatable bonds is 5. The summed E-state index contributed by atoms with van der Waals surface area (Å²) in [6.45, 7) is 0.516. The molecule has 0 amide bonds. The van der Waals surface area contributed by atoms with E-state index in [0.29, 0.717) is 17.5 Å². The summed E-state index contributed by atoms with van der Waals surface area (Å²) in [6, 6.07) is 2.39. The molecule has 0 aliphatic carbocycles. The highest BCUT2D eigenvalue weighted by molar-refractivity contribution is 7.98. The zero-order valence-corrected chi connectivity index (χ0v) is 12.7. The maximum atomic E-state index is 13.7. The van der Waals surface area contributed by atoms with E-state index in [2.05, 4.69) is 15.5 Å². The monoisotopic (exact) mass is 334 g/mol. The first-order valence-electron chi connectivity index (χ1n) is 6.34. The van der Waals surface area contributed by atoms with Crippen molar-refractivity contribution in [3.8, 4) is 0 Å². The van der Waals surface area contributed by atoms with Crippen molar-refractivity contribution < 1.29 is 17.6 Å². The van der Waals surface area contributed by atoms with Crippen LogP contribution < -0.4 is 5.32 Å². The molecule has 0 bridgehead atoms. The number of alkyl halides is 3. The number of nitrogens with zero attached hydrogens (tertiary/aromatic N) is 3. The molecule has 0 unspecified atom stereocenters. The fraction of sp³-hybridized carbons (Fsp3) is 0.385. The van der Waals surface area contributed by atoms with Crippen molar-refractivity contribution in [3.63, 3.8) is 0 Å². The van der Waals surface area contributed by atoms with Gasteiger partial charge in [-0.15, -0.1) is 10.2 Å². The maximum absolute atomic E-state index is 13.7. The van der Waals surface area contributed by atoms with Crippen molar-refractivity contribution >= 4 is 11.8 Å². The number of halogens is 4. The van der Waals surface area contributed by atoms with Gasteiger partial charge in [-0.3, -0.25) is 0 Å². The molecule has 1 aromatic carbocycles. The zero-order valence-electron chi connectivity index (χ0n) is 11.9. The Morgan fingerprint density at radius 2 is 2.00 bits per heavy atom. The molecule has 1 N–H and O–H groups in total. The van der Waals surface area contributed by atoms with Gasteiger partial charge in [-0.05, 0) is 30.8 Å². The van der Waals surface area contributed by atoms with Gasteiger partial charge in [-0.25, -0.2) is 4.39 Å². The summed E-state index contributed by atoms with van der Waals surface area (Å²) in [6.07, 6.45) is -4.49. The fourth-order valence-electron chi connectivity index (χ4n) is 1.79. The third kappa shape index (κ3) is 3.77. The molecule has 9 heteroatoms. The van der Waals surface area contributed by atoms with Gasteiger partial charge in [0.1, 0.15) is 11.6 Å². The Morgan fingerprint density at radius 1 is 1.27 bits per heavy atom. The minimum atomic E-state index is -4.49. The second-order valence-electron chi connectivity index (χ2n) is 4.58. The lowest BCUT2D eigenvalue weighted by molar-refractivity contribution is -0.137. The Morgan fingerprint density at radius 3 is 2.64 bits per heavy atom. The fourth-order valence-corrected chi connectivity index (χ4v) is 2.69. The molecule has 0 atom stereocenters. The topological polar surface area (TPSA) is 42.7 Å². The SMILES string of the molecule is CNCc1nnc(SCc2cc(C(F)(F)F)ccc2F)n1C. The predicted octanol–water partition coefficient (Wildman–Crippen LogP) is 2.98. The van der Waals surface area contributed by atoms with E-state index in [0.717, 1.165) is 30.0 Å². The second kappa shape index (κ2) is 6.66. The van der Waals surface area contributed by atoms with E-state index in [1.807, 2.05) is 0 Å². The van der Waals surface area contributed by atoms with Gasteiger partial charge in [0.25, 0.3) is 0 Å². The normalized spacial score (nSPS) is 11.9. The quantitative estimate of drug-likeness (QED) is 0.674. The van der Waals surface area contributed by atoms with Gasteiger partial charge in [-0.1, -0.05) is 11.8 Å². The molecular weight excluding hydrogens is 320 g/mol. The Hall–Kier alpha value is -1.61. The van der Waals surface area contributed by atoms with Crippen LogP contribution in [-0.4, -0.2) is 21.8 Å². The van der Waals surface area contributed by atoms with Gasteiger partial charge in [0, 0.05) is 12.8 Å². The molecule has 2 rings (SSSR count). The van der Waals surface area contributed by atoms with Crippen molar-refractivity contribution in [2.24, 2.45) is 7.05 Å². The van der Waals surface area contributed by atoms with Crippen LogP contribution in [0.4, 0.5) is 17.6 Å². The minimum Gasteiger partial charge on any atom is -0.313 e. The van der Waals surface area contributed by atoms with E-state index in [4.69, 9.17) is 0 Å². The van der Waals surface area contributed by atoms with Gasteiger partial charge in [0.15, 0.2) is 5.16 Å². The van der Waals surface area contributed by atoms with Crippen LogP contribution >= 0.6 is 11.8 Å². The minimum absolute atomic E-state index is 0.0157. The van der Waals surface area contributed by atoms with Crippen molar-refractivity contribution in [2.75, 3.05) is 7.05 Å². The van der Waals surface area contributed by atoms with E-state index in [1.54, 1.807) is 18.7 Å². The standard InChI is InChI=1S/C13H14F4N4S/c1-18-6-11-19-20-12(21(11)2)22-7-8-5-9(13(15,16)17)3-4-10(8)14/h3-5,18H,6-7H2,1-2H3. The zero-order chi connectivity index (χ0) is 16.3. The summed E-state index contributed by atoms with van der Waals surface area (Å²) >= 11 is 1.13. The molecule has 0 spiro atoms. The van der Waals surface area contributed by atoms with Crippen LogP contribution in [0.5, 0.6) is 0 Å². The molecule has 0 aliphatic rings. The smallest absolute Gasteiger partial charge is 0.313 e. The number of nitrogens with one attached hydrogen (secondary N) is 1. The first-order valence-corrected chi connectivity index (χ1v) is 7.32. The second-order valence-corrected chi connectivity index (χ2v) is 5.52. The summed E-state index contributed by atoms with van der Waals surface area (Å²) in [4.78, 5) is 0. The highest BCUT2D eigenvalue weighted by atomic mass is 32.2. The number of hydrogen-bond donors (Lipinski definition) is 1. The number of thioether (sulfide) groups is 1. The van der Waals surface area contributed by atoms with Crippen LogP contribution in [0.2, 0.25) is 0 Å². The molecular formula is C13H14F4N4S. The van der Waals surface area contributed by atoms with Crippen LogP contribution in [0.25, 0.3) is 0 Å². The highest BCUT2D eigenvalue weighted by Crippen LogP contribution is 2.32. The van der Waals surface area contributed by atoms with Gasteiger partial charge in [0.2, 0.25) is 0 Å². The first-order chi connectivity index (χ1) is 10.3. The van der Waals surface area contributed by atoms with Crippen molar-refractivity contribution in [1.29, 1.82) is 0 Å². The van der Waals surface area contributed by atoms with Crippen LogP contribution in [0.3, 0.4) is 0 Å². The molecule has 1 heterocycles. The maximum Gasteiger partial charge on any atom is 0.416 e. The molecule has 22 heavy (non-hydrogen) atoms. The van der Waals surface area contributed by atoms with E-state index in [9.17, 15) is 17.6 Å². The molecule has 0 saturated heterocycles. The Kier molecular flexibility index (Phi) is 5.07. The van der Waals surface area contributed by atoms with Crippen LogP contribution in [0.1, 0.15) is 17.0 Å².